The Labute approximate surface area is 265 Å². The Morgan fingerprint density at radius 1 is 0.489 bits per heavy atom. The van der Waals surface area contributed by atoms with Gasteiger partial charge in [-0.05, 0) is 52.6 Å². The van der Waals surface area contributed by atoms with Crippen LogP contribution in [0.2, 0.25) is 0 Å². The topological polar surface area (TPSA) is 38.9 Å². The molecule has 3 nitrogen and oxygen atoms in total. The highest BCUT2D eigenvalue weighted by molar-refractivity contribution is 7.26. The zero-order valence-electron chi connectivity index (χ0n) is 23.8. The Kier molecular flexibility index (Phi) is 5.32. The number of furan rings is 1. The minimum Gasteiger partial charge on any atom is -0.436 e. The van der Waals surface area contributed by atoms with Gasteiger partial charge >= 0.3 is 0 Å². The van der Waals surface area contributed by atoms with E-state index >= 15 is 0 Å². The molecule has 0 radical (unpaired) electrons. The van der Waals surface area contributed by atoms with Crippen LogP contribution in [0.3, 0.4) is 0 Å². The van der Waals surface area contributed by atoms with Crippen molar-refractivity contribution in [1.82, 2.24) is 9.97 Å². The van der Waals surface area contributed by atoms with Crippen LogP contribution >= 0.6 is 22.7 Å². The summed E-state index contributed by atoms with van der Waals surface area (Å²) in [6, 6.07) is 45.4. The molecule has 6 aromatic carbocycles. The van der Waals surface area contributed by atoms with E-state index in [4.69, 9.17) is 14.4 Å². The number of rotatable bonds is 3. The average molecular weight is 611 g/mol. The third-order valence-corrected chi connectivity index (χ3v) is 11.2. The maximum absolute atomic E-state index is 6.28. The molecule has 4 aromatic heterocycles. The minimum atomic E-state index is 0.553. The summed E-state index contributed by atoms with van der Waals surface area (Å²) >= 11 is 3.69. The van der Waals surface area contributed by atoms with Crippen LogP contribution in [0.4, 0.5) is 0 Å². The second-order valence-corrected chi connectivity index (χ2v) is 13.5. The highest BCUT2D eigenvalue weighted by atomic mass is 32.1. The summed E-state index contributed by atoms with van der Waals surface area (Å²) in [5.74, 6) is 0. The molecule has 0 spiro atoms. The fourth-order valence-corrected chi connectivity index (χ4v) is 9.11. The molecule has 45 heavy (non-hydrogen) atoms. The van der Waals surface area contributed by atoms with Crippen LogP contribution < -0.4 is 0 Å². The van der Waals surface area contributed by atoms with E-state index in [-0.39, 0.29) is 0 Å². The fraction of sp³-hybridized carbons (Fsp3) is 0. The average Bonchev–Trinajstić information content (AvgIpc) is 3.79. The summed E-state index contributed by atoms with van der Waals surface area (Å²) in [5.41, 5.74) is 8.70. The number of thiophene rings is 2. The van der Waals surface area contributed by atoms with Crippen molar-refractivity contribution in [2.45, 2.75) is 0 Å². The zero-order valence-corrected chi connectivity index (χ0v) is 25.5. The van der Waals surface area contributed by atoms with E-state index in [1.807, 2.05) is 34.9 Å². The number of aromatic nitrogens is 2. The summed E-state index contributed by atoms with van der Waals surface area (Å²) in [6.45, 7) is 0. The lowest BCUT2D eigenvalue weighted by atomic mass is 10.00. The van der Waals surface area contributed by atoms with Crippen molar-refractivity contribution in [1.29, 1.82) is 0 Å². The van der Waals surface area contributed by atoms with Gasteiger partial charge < -0.3 is 4.42 Å². The first-order chi connectivity index (χ1) is 22.3. The number of benzene rings is 6. The molecule has 0 bridgehead atoms. The van der Waals surface area contributed by atoms with Gasteiger partial charge in [-0.25, -0.2) is 9.97 Å². The lowest BCUT2D eigenvalue weighted by molar-refractivity contribution is 0.653. The second-order valence-electron chi connectivity index (χ2n) is 11.4. The van der Waals surface area contributed by atoms with Gasteiger partial charge in [0.1, 0.15) is 11.1 Å². The van der Waals surface area contributed by atoms with Crippen molar-refractivity contribution < 1.29 is 4.42 Å². The van der Waals surface area contributed by atoms with E-state index < -0.39 is 0 Å². The summed E-state index contributed by atoms with van der Waals surface area (Å²) in [7, 11) is 0. The summed E-state index contributed by atoms with van der Waals surface area (Å²) in [6.07, 6.45) is 1.87. The molecule has 0 N–H and O–H groups in total. The quantitative estimate of drug-likeness (QED) is 0.200. The first-order valence-electron chi connectivity index (χ1n) is 14.9. The maximum Gasteiger partial charge on any atom is 0.246 e. The van der Waals surface area contributed by atoms with Gasteiger partial charge in [0.05, 0.1) is 11.9 Å². The van der Waals surface area contributed by atoms with Gasteiger partial charge in [-0.1, -0.05) is 97.1 Å². The van der Waals surface area contributed by atoms with E-state index in [1.165, 1.54) is 51.5 Å². The number of fused-ring (bicyclic) bond motifs is 9. The number of nitrogens with zero attached hydrogens (tertiary/aromatic N) is 2. The van der Waals surface area contributed by atoms with Gasteiger partial charge in [-0.3, -0.25) is 0 Å². The van der Waals surface area contributed by atoms with E-state index in [0.717, 1.165) is 38.9 Å². The molecule has 0 saturated heterocycles. The van der Waals surface area contributed by atoms with Gasteiger partial charge in [0.15, 0.2) is 0 Å². The molecule has 5 heteroatoms. The lowest BCUT2D eigenvalue weighted by Gasteiger charge is -2.07. The SMILES string of the molecule is c1cc(-c2cnc3c(n2)oc2ccc(-c4cccc5c4sc4ccccc45)cc23)cc(-c2cccc3c2sc2ccccc23)c1. The van der Waals surface area contributed by atoms with E-state index in [9.17, 15) is 0 Å². The third-order valence-electron chi connectivity index (χ3n) is 8.77. The minimum absolute atomic E-state index is 0.553. The van der Waals surface area contributed by atoms with Crippen LogP contribution in [0, 0.1) is 0 Å². The predicted molar refractivity (Wildman–Crippen MR) is 191 cm³/mol. The van der Waals surface area contributed by atoms with E-state index in [0.29, 0.717) is 5.71 Å². The van der Waals surface area contributed by atoms with Gasteiger partial charge in [0, 0.05) is 51.3 Å². The molecule has 0 unspecified atom stereocenters. The molecule has 0 saturated carbocycles. The second kappa shape index (κ2) is 9.57. The molecule has 0 aliphatic rings. The third kappa shape index (κ3) is 3.81. The Bertz CT molecular complexity index is 2780. The Hall–Kier alpha value is -5.36. The van der Waals surface area contributed by atoms with Crippen LogP contribution in [-0.4, -0.2) is 9.97 Å². The maximum atomic E-state index is 6.28. The largest absolute Gasteiger partial charge is 0.436 e. The Morgan fingerprint density at radius 2 is 1.09 bits per heavy atom. The van der Waals surface area contributed by atoms with E-state index in [2.05, 4.69) is 121 Å². The molecule has 4 heterocycles. The van der Waals surface area contributed by atoms with Gasteiger partial charge in [-0.15, -0.1) is 22.7 Å². The molecule has 0 fully saturated rings. The highest BCUT2D eigenvalue weighted by Crippen LogP contribution is 2.42. The van der Waals surface area contributed by atoms with Crippen molar-refractivity contribution in [3.05, 3.63) is 134 Å². The molecule has 0 aliphatic carbocycles. The number of hydrogen-bond donors (Lipinski definition) is 0. The normalized spacial score (nSPS) is 12.0. The van der Waals surface area contributed by atoms with Crippen LogP contribution in [0.15, 0.2) is 138 Å². The van der Waals surface area contributed by atoms with Crippen LogP contribution in [0.5, 0.6) is 0 Å². The molecule has 0 aliphatic heterocycles. The fourth-order valence-electron chi connectivity index (χ4n) is 6.64. The van der Waals surface area contributed by atoms with Gasteiger partial charge in [0.25, 0.3) is 0 Å². The molecular weight excluding hydrogens is 589 g/mol. The van der Waals surface area contributed by atoms with Crippen molar-refractivity contribution >= 4 is 85.2 Å². The molecular formula is C40H22N2OS2. The van der Waals surface area contributed by atoms with Gasteiger partial charge in [-0.2, -0.15) is 0 Å². The lowest BCUT2D eigenvalue weighted by Crippen LogP contribution is -1.87. The monoisotopic (exact) mass is 610 g/mol. The standard InChI is InChI=1S/C40H22N2OS2/c1-3-16-35-28(10-1)30-14-6-12-26(38(30)44-35)23-8-5-9-25(20-23)33-22-41-37-32-21-24(18-19-34(32)43-40(37)42-33)27-13-7-15-31-29-11-2-4-17-36(29)45-39(27)31/h1-22H. The zero-order chi connectivity index (χ0) is 29.5. The van der Waals surface area contributed by atoms with Crippen molar-refractivity contribution in [3.63, 3.8) is 0 Å². The van der Waals surface area contributed by atoms with Crippen molar-refractivity contribution in [2.75, 3.05) is 0 Å². The smallest absolute Gasteiger partial charge is 0.246 e. The van der Waals surface area contributed by atoms with Crippen molar-refractivity contribution in [2.24, 2.45) is 0 Å². The number of hydrogen-bond acceptors (Lipinski definition) is 5. The Balaban J connectivity index is 1.07. The van der Waals surface area contributed by atoms with Crippen LogP contribution in [0.25, 0.3) is 96.1 Å². The molecule has 210 valence electrons. The van der Waals surface area contributed by atoms with Crippen LogP contribution in [-0.2, 0) is 0 Å². The van der Waals surface area contributed by atoms with Crippen LogP contribution in [0.1, 0.15) is 0 Å². The van der Waals surface area contributed by atoms with E-state index in [1.54, 1.807) is 0 Å². The predicted octanol–water partition coefficient (Wildman–Crippen LogP) is 12.1. The first kappa shape index (κ1) is 25.0. The highest BCUT2D eigenvalue weighted by Gasteiger charge is 2.16. The molecule has 0 amide bonds. The molecule has 10 rings (SSSR count). The van der Waals surface area contributed by atoms with Crippen molar-refractivity contribution in [3.8, 4) is 33.5 Å². The molecule has 0 atom stereocenters. The summed E-state index contributed by atoms with van der Waals surface area (Å²) in [4.78, 5) is 9.88. The summed E-state index contributed by atoms with van der Waals surface area (Å²) < 4.78 is 11.5. The first-order valence-corrected chi connectivity index (χ1v) is 16.5. The van der Waals surface area contributed by atoms with Gasteiger partial charge in [0.2, 0.25) is 5.71 Å². The Morgan fingerprint density at radius 3 is 1.80 bits per heavy atom. The summed E-state index contributed by atoms with van der Waals surface area (Å²) in [5, 5.41) is 6.17. The molecule has 10 aromatic rings.